The molecule has 0 amide bonds. The number of likely N-dealkylation sites (N-methyl/N-ethyl adjacent to an activating group) is 1. The fourth-order valence-corrected chi connectivity index (χ4v) is 3.69. The summed E-state index contributed by atoms with van der Waals surface area (Å²) in [5.41, 5.74) is 4.76. The molecule has 2 aromatic rings. The number of carboxylic acid groups (broad SMARTS) is 1. The Morgan fingerprint density at radius 3 is 2.67 bits per heavy atom. The second kappa shape index (κ2) is 17.9. The minimum Gasteiger partial charge on any atom is -0.548 e. The third-order valence-electron chi connectivity index (χ3n) is 4.79. The number of nitrogens with zero attached hydrogens (tertiary/aromatic N) is 2. The number of aliphatic carboxylic acids is 1. The van der Waals surface area contributed by atoms with Crippen LogP contribution in [0.15, 0.2) is 59.6 Å². The number of anilines is 2. The van der Waals surface area contributed by atoms with Crippen LogP contribution in [0.3, 0.4) is 0 Å². The topological polar surface area (TPSA) is 77.0 Å². The molecule has 170 valence electrons. The van der Waals surface area contributed by atoms with E-state index < -0.39 is 12.0 Å². The molecule has 33 heavy (non-hydrogen) atoms. The molecule has 0 spiro atoms. The molecule has 1 unspecified atom stereocenters. The van der Waals surface area contributed by atoms with Crippen molar-refractivity contribution in [2.24, 2.45) is 4.99 Å². The first kappa shape index (κ1) is 29.6. The number of aliphatic imine (C=N–C) groups is 1. The summed E-state index contributed by atoms with van der Waals surface area (Å²) < 4.78 is 0. The Hall–Kier alpha value is -1.47. The zero-order chi connectivity index (χ0) is 23.0. The molecule has 1 atom stereocenters. The van der Waals surface area contributed by atoms with Gasteiger partial charge in [0.05, 0.1) is 17.7 Å². The van der Waals surface area contributed by atoms with Crippen molar-refractivity contribution in [1.29, 1.82) is 0 Å². The zero-order valence-electron chi connectivity index (χ0n) is 19.6. The molecule has 0 bridgehead atoms. The molecule has 0 aliphatic carbocycles. The number of carbonyl (C=O) groups is 1. The quantitative estimate of drug-likeness (QED) is 0.115. The number of carbonyl (C=O) groups excluding carboxylic acids is 1. The van der Waals surface area contributed by atoms with E-state index in [1.807, 2.05) is 24.3 Å². The summed E-state index contributed by atoms with van der Waals surface area (Å²) in [6, 6.07) is 18.0. The average Bonchev–Trinajstić information content (AvgIpc) is 2.80. The van der Waals surface area contributed by atoms with Crippen LogP contribution in [0.25, 0.3) is 0 Å². The Balaban J connectivity index is 0.00000544. The molecule has 0 fully saturated rings. The minimum absolute atomic E-state index is 0. The second-order valence-electron chi connectivity index (χ2n) is 7.22. The smallest absolute Gasteiger partial charge is 0.548 e. The van der Waals surface area contributed by atoms with Gasteiger partial charge in [0.15, 0.2) is 0 Å². The van der Waals surface area contributed by atoms with Crippen molar-refractivity contribution in [2.45, 2.75) is 45.1 Å². The Morgan fingerprint density at radius 2 is 1.94 bits per heavy atom. The average molecular weight is 492 g/mol. The fourth-order valence-electron chi connectivity index (χ4n) is 3.13. The Morgan fingerprint density at radius 1 is 1.18 bits per heavy atom. The first-order chi connectivity index (χ1) is 15.6. The van der Waals surface area contributed by atoms with E-state index in [-0.39, 0.29) is 51.4 Å². The van der Waals surface area contributed by atoms with Gasteiger partial charge in [0.25, 0.3) is 0 Å². The van der Waals surface area contributed by atoms with Crippen LogP contribution in [-0.2, 0) is 9.63 Å². The van der Waals surface area contributed by atoms with E-state index in [0.29, 0.717) is 16.9 Å². The maximum atomic E-state index is 11.8. The monoisotopic (exact) mass is 491 g/mol. The molecule has 0 saturated carbocycles. The van der Waals surface area contributed by atoms with Crippen LogP contribution >= 0.6 is 11.8 Å². The fraction of sp³-hybridized carbons (Fsp3) is 0.360. The van der Waals surface area contributed by atoms with E-state index in [4.69, 9.17) is 4.84 Å². The van der Waals surface area contributed by atoms with Crippen LogP contribution in [0.4, 0.5) is 11.4 Å². The third kappa shape index (κ3) is 11.5. The second-order valence-corrected chi connectivity index (χ2v) is 8.13. The molecule has 6 nitrogen and oxygen atoms in total. The molecule has 0 saturated heterocycles. The van der Waals surface area contributed by atoms with Crippen LogP contribution in [-0.4, -0.2) is 25.2 Å². The standard InChI is InChI=1S/C25H31N3O3S.K/c1-3-4-5-6-10-17-32-18-16-26-20-31-27-22-14-11-15-23(19-22)28(2)24(25(29)30)21-12-8-7-9-13-21;/h7-9,11-15,19-20,24,27H,3-6,10,17H2,1-2H3,(H,29,30);/q;+1/p-1. The van der Waals surface area contributed by atoms with Gasteiger partial charge >= 0.3 is 51.4 Å². The number of rotatable bonds is 13. The van der Waals surface area contributed by atoms with Crippen LogP contribution in [0, 0.1) is 11.3 Å². The molecular weight excluding hydrogens is 461 g/mol. The van der Waals surface area contributed by atoms with E-state index in [9.17, 15) is 9.90 Å². The summed E-state index contributed by atoms with van der Waals surface area (Å²) in [6.45, 7) is 2.21. The summed E-state index contributed by atoms with van der Waals surface area (Å²) in [5, 5.41) is 14.7. The van der Waals surface area contributed by atoms with Gasteiger partial charge in [0.2, 0.25) is 6.40 Å². The number of nitrogens with one attached hydrogen (secondary N) is 1. The van der Waals surface area contributed by atoms with Crippen molar-refractivity contribution in [2.75, 3.05) is 23.2 Å². The largest absolute Gasteiger partial charge is 1.00 e. The van der Waals surface area contributed by atoms with E-state index in [0.717, 1.165) is 5.75 Å². The van der Waals surface area contributed by atoms with Gasteiger partial charge in [-0.05, 0) is 35.4 Å². The normalized spacial score (nSPS) is 11.1. The third-order valence-corrected chi connectivity index (χ3v) is 5.52. The van der Waals surface area contributed by atoms with Crippen LogP contribution < -0.4 is 66.9 Å². The predicted octanol–water partition coefficient (Wildman–Crippen LogP) is 1.61. The summed E-state index contributed by atoms with van der Waals surface area (Å²) in [6.07, 6.45) is 7.51. The summed E-state index contributed by atoms with van der Waals surface area (Å²) in [4.78, 5) is 22.5. The van der Waals surface area contributed by atoms with Gasteiger partial charge in [-0.3, -0.25) is 0 Å². The molecule has 8 heteroatoms. The number of unbranched alkanes of at least 4 members (excludes halogenated alkanes) is 4. The van der Waals surface area contributed by atoms with Crippen LogP contribution in [0.5, 0.6) is 0 Å². The molecule has 0 aromatic heterocycles. The Bertz CT molecular complexity index is 916. The molecule has 0 aliphatic heterocycles. The number of benzene rings is 2. The van der Waals surface area contributed by atoms with Gasteiger partial charge < -0.3 is 19.6 Å². The maximum absolute atomic E-state index is 11.8. The number of thioether (sulfide) groups is 1. The van der Waals surface area contributed by atoms with Gasteiger partial charge in [0, 0.05) is 24.5 Å². The van der Waals surface area contributed by atoms with Gasteiger partial charge in [0.1, 0.15) is 0 Å². The van der Waals surface area contributed by atoms with Crippen LogP contribution in [0.1, 0.15) is 50.6 Å². The first-order valence-electron chi connectivity index (χ1n) is 10.8. The summed E-state index contributed by atoms with van der Waals surface area (Å²) in [5.74, 6) is -0.153. The maximum Gasteiger partial charge on any atom is 1.00 e. The van der Waals surface area contributed by atoms with Crippen molar-refractivity contribution >= 4 is 35.5 Å². The molecule has 0 heterocycles. The van der Waals surface area contributed by atoms with E-state index in [1.165, 1.54) is 38.5 Å². The minimum atomic E-state index is -1.17. The van der Waals surface area contributed by atoms with Crippen molar-refractivity contribution in [3.05, 3.63) is 60.2 Å². The molecule has 2 aromatic carbocycles. The molecule has 0 aliphatic rings. The molecular formula is C25H30KN3O3S. The molecule has 2 rings (SSSR count). The number of carboxylic acids is 1. The Kier molecular flexibility index (Phi) is 16.1. The van der Waals surface area contributed by atoms with Crippen molar-refractivity contribution in [3.63, 3.8) is 0 Å². The van der Waals surface area contributed by atoms with Gasteiger partial charge in [-0.2, -0.15) is 4.99 Å². The van der Waals surface area contributed by atoms with Gasteiger partial charge in [-0.1, -0.05) is 80.8 Å². The summed E-state index contributed by atoms with van der Waals surface area (Å²) in [7, 11) is 1.71. The van der Waals surface area contributed by atoms with Crippen molar-refractivity contribution in [3.8, 4) is 11.3 Å². The number of hydrogen-bond acceptors (Lipinski definition) is 7. The zero-order valence-corrected chi connectivity index (χ0v) is 23.6. The molecule has 0 radical (unpaired) electrons. The van der Waals surface area contributed by atoms with Gasteiger partial charge in [-0.25, -0.2) is 5.48 Å². The van der Waals surface area contributed by atoms with E-state index >= 15 is 0 Å². The van der Waals surface area contributed by atoms with E-state index in [1.54, 1.807) is 54.0 Å². The van der Waals surface area contributed by atoms with Crippen LogP contribution in [0.2, 0.25) is 0 Å². The summed E-state index contributed by atoms with van der Waals surface area (Å²) >= 11 is 1.56. The molecule has 1 N–H and O–H groups in total. The van der Waals surface area contributed by atoms with Gasteiger partial charge in [-0.15, -0.1) is 0 Å². The Labute approximate surface area is 244 Å². The SMILES string of the molecule is CCCCCCCSC#CN=CONc1cccc(N(C)C(C(=O)[O-])c2ccccc2)c1.[K+]. The van der Waals surface area contributed by atoms with Crippen molar-refractivity contribution < 1.29 is 66.1 Å². The van der Waals surface area contributed by atoms with E-state index in [2.05, 4.69) is 28.7 Å². The van der Waals surface area contributed by atoms with Crippen molar-refractivity contribution in [1.82, 2.24) is 0 Å². The first-order valence-corrected chi connectivity index (χ1v) is 11.8. The predicted molar refractivity (Wildman–Crippen MR) is 131 cm³/mol. The number of hydrogen-bond donors (Lipinski definition) is 1.